The quantitative estimate of drug-likeness (QED) is 0.531. The Morgan fingerprint density at radius 2 is 1.82 bits per heavy atom. The Morgan fingerprint density at radius 1 is 1.13 bits per heavy atom. The van der Waals surface area contributed by atoms with Crippen molar-refractivity contribution in [3.05, 3.63) is 18.2 Å². The van der Waals surface area contributed by atoms with Gasteiger partial charge in [0.15, 0.2) is 11.6 Å². The first-order valence-corrected chi connectivity index (χ1v) is 13.3. The molecule has 3 aliphatic rings. The van der Waals surface area contributed by atoms with Gasteiger partial charge in [-0.25, -0.2) is 18.7 Å². The fraction of sp³-hybridized carbons (Fsp3) is 0.720. The molecule has 0 radical (unpaired) electrons. The lowest BCUT2D eigenvalue weighted by Crippen LogP contribution is -2.56. The van der Waals surface area contributed by atoms with Gasteiger partial charge in [-0.05, 0) is 25.7 Å². The van der Waals surface area contributed by atoms with Gasteiger partial charge in [0, 0.05) is 51.0 Å². The molecule has 216 valence electrons. The van der Waals surface area contributed by atoms with E-state index in [1.165, 1.54) is 4.90 Å². The topological polar surface area (TPSA) is 127 Å². The zero-order valence-electron chi connectivity index (χ0n) is 22.5. The Balaban J connectivity index is 0.00000353. The fourth-order valence-electron chi connectivity index (χ4n) is 5.45. The fourth-order valence-corrected chi connectivity index (χ4v) is 5.45. The highest BCUT2D eigenvalue weighted by Gasteiger charge is 2.45. The van der Waals surface area contributed by atoms with E-state index in [0.717, 1.165) is 31.8 Å². The predicted octanol–water partition coefficient (Wildman–Crippen LogP) is 2.86. The number of carbonyl (C=O) groups is 1. The van der Waals surface area contributed by atoms with E-state index >= 15 is 0 Å². The molecule has 0 saturated carbocycles. The van der Waals surface area contributed by atoms with Gasteiger partial charge in [0.2, 0.25) is 11.9 Å². The second kappa shape index (κ2) is 11.7. The second-order valence-corrected chi connectivity index (χ2v) is 11.0. The maximum Gasteiger partial charge on any atom is 0.324 e. The number of likely N-dealkylation sites (tertiary alicyclic amines) is 1. The van der Waals surface area contributed by atoms with Crippen molar-refractivity contribution >= 4 is 30.3 Å². The van der Waals surface area contributed by atoms with Gasteiger partial charge in [-0.15, -0.1) is 12.4 Å². The van der Waals surface area contributed by atoms with E-state index in [1.807, 2.05) is 25.7 Å². The molecule has 0 aromatic carbocycles. The summed E-state index contributed by atoms with van der Waals surface area (Å²) < 4.78 is 39.4. The molecule has 5 heterocycles. The largest absolute Gasteiger partial charge is 0.487 e. The maximum absolute atomic E-state index is 13.9. The summed E-state index contributed by atoms with van der Waals surface area (Å²) in [6.07, 6.45) is 4.51. The summed E-state index contributed by atoms with van der Waals surface area (Å²) in [5.74, 6) is -0.858. The number of aromatic nitrogens is 4. The van der Waals surface area contributed by atoms with Crippen molar-refractivity contribution in [2.75, 3.05) is 42.5 Å². The van der Waals surface area contributed by atoms with Gasteiger partial charge in [0.1, 0.15) is 0 Å². The molecular formula is C25H37ClF2N8O3. The summed E-state index contributed by atoms with van der Waals surface area (Å²) in [5.41, 5.74) is 6.25. The number of piperidine rings is 2. The van der Waals surface area contributed by atoms with E-state index in [0.29, 0.717) is 36.7 Å². The number of ether oxygens (including phenoxy) is 1. The zero-order valence-corrected chi connectivity index (χ0v) is 23.3. The normalized spacial score (nSPS) is 24.7. The Labute approximate surface area is 232 Å². The number of nitrogens with two attached hydrogens (primary N) is 1. The van der Waals surface area contributed by atoms with Gasteiger partial charge in [-0.1, -0.05) is 19.0 Å². The van der Waals surface area contributed by atoms with E-state index in [2.05, 4.69) is 25.0 Å². The highest BCUT2D eigenvalue weighted by Crippen LogP contribution is 2.32. The smallest absolute Gasteiger partial charge is 0.324 e. The van der Waals surface area contributed by atoms with Crippen LogP contribution >= 0.6 is 12.4 Å². The van der Waals surface area contributed by atoms with Crippen LogP contribution < -0.4 is 20.3 Å². The SMILES string of the molecule is CC(C)c1noc(N2CCC([C@H](C)Oc3cnc(N4CC(N)C(N5CC(F)(F)CCC5=O)C4)nc3)CC2)n1.Cl. The van der Waals surface area contributed by atoms with Crippen LogP contribution in [0.25, 0.3) is 0 Å². The van der Waals surface area contributed by atoms with E-state index in [1.54, 1.807) is 12.4 Å². The lowest BCUT2D eigenvalue weighted by molar-refractivity contribution is -0.150. The molecule has 3 saturated heterocycles. The molecule has 3 aliphatic heterocycles. The van der Waals surface area contributed by atoms with Crippen molar-refractivity contribution in [3.8, 4) is 5.75 Å². The summed E-state index contributed by atoms with van der Waals surface area (Å²) in [4.78, 5) is 30.9. The van der Waals surface area contributed by atoms with Crippen molar-refractivity contribution in [3.63, 3.8) is 0 Å². The molecular weight excluding hydrogens is 534 g/mol. The van der Waals surface area contributed by atoms with Crippen LogP contribution in [0.2, 0.25) is 0 Å². The van der Waals surface area contributed by atoms with Crippen molar-refractivity contribution in [2.24, 2.45) is 11.7 Å². The summed E-state index contributed by atoms with van der Waals surface area (Å²) in [6, 6.07) is -0.377. The molecule has 0 bridgehead atoms. The van der Waals surface area contributed by atoms with Gasteiger partial charge in [-0.3, -0.25) is 4.79 Å². The summed E-state index contributed by atoms with van der Waals surface area (Å²) in [7, 11) is 0. The van der Waals surface area contributed by atoms with Crippen LogP contribution in [-0.4, -0.2) is 87.7 Å². The average molecular weight is 571 g/mol. The van der Waals surface area contributed by atoms with Crippen LogP contribution in [0.3, 0.4) is 0 Å². The summed E-state index contributed by atoms with van der Waals surface area (Å²) in [5, 5.41) is 4.05. The van der Waals surface area contributed by atoms with Crippen LogP contribution in [0.5, 0.6) is 5.75 Å². The molecule has 0 aliphatic carbocycles. The van der Waals surface area contributed by atoms with E-state index < -0.39 is 31.0 Å². The molecule has 14 heteroatoms. The van der Waals surface area contributed by atoms with E-state index in [4.69, 9.17) is 15.0 Å². The van der Waals surface area contributed by atoms with Crippen molar-refractivity contribution in [2.45, 2.75) is 76.5 Å². The molecule has 11 nitrogen and oxygen atoms in total. The molecule has 1 amide bonds. The number of halogens is 3. The van der Waals surface area contributed by atoms with Crippen molar-refractivity contribution in [1.82, 2.24) is 25.0 Å². The highest BCUT2D eigenvalue weighted by atomic mass is 35.5. The lowest BCUT2D eigenvalue weighted by atomic mass is 9.92. The van der Waals surface area contributed by atoms with Crippen LogP contribution in [-0.2, 0) is 4.79 Å². The molecule has 3 atom stereocenters. The first-order valence-electron chi connectivity index (χ1n) is 13.3. The first-order chi connectivity index (χ1) is 18.1. The van der Waals surface area contributed by atoms with Crippen LogP contribution in [0.1, 0.15) is 58.2 Å². The molecule has 2 N–H and O–H groups in total. The number of alkyl halides is 2. The minimum Gasteiger partial charge on any atom is -0.487 e. The molecule has 2 aromatic rings. The maximum atomic E-state index is 13.9. The standard InChI is InChI=1S/C25H36F2N8O3.ClH/c1-15(2)22-31-24(38-32-22)33-8-5-17(6-9-33)16(3)37-18-10-29-23(30-11-18)34-12-19(28)20(13-34)35-14-25(26,27)7-4-21(35)36;/h10-11,15-17,19-20H,4-9,12-14,28H2,1-3H3;1H/t16-,19?,20?;/m0./s1. The monoisotopic (exact) mass is 570 g/mol. The van der Waals surface area contributed by atoms with E-state index in [-0.39, 0.29) is 36.8 Å². The number of anilines is 2. The minimum atomic E-state index is -2.88. The van der Waals surface area contributed by atoms with Crippen molar-refractivity contribution < 1.29 is 22.8 Å². The third kappa shape index (κ3) is 6.51. The average Bonchev–Trinajstić information content (AvgIpc) is 3.54. The Morgan fingerprint density at radius 3 is 2.46 bits per heavy atom. The van der Waals surface area contributed by atoms with Gasteiger partial charge in [0.05, 0.1) is 31.1 Å². The third-order valence-electron chi connectivity index (χ3n) is 7.80. The molecule has 0 spiro atoms. The summed E-state index contributed by atoms with van der Waals surface area (Å²) in [6.45, 7) is 7.86. The molecule has 2 unspecified atom stereocenters. The number of nitrogens with zero attached hydrogens (tertiary/aromatic N) is 7. The Hall–Kier alpha value is -2.80. The number of rotatable bonds is 7. The summed E-state index contributed by atoms with van der Waals surface area (Å²) >= 11 is 0. The van der Waals surface area contributed by atoms with Crippen molar-refractivity contribution in [1.29, 1.82) is 0 Å². The minimum absolute atomic E-state index is 0. The van der Waals surface area contributed by atoms with Gasteiger partial charge >= 0.3 is 6.01 Å². The van der Waals surface area contributed by atoms with Gasteiger partial charge < -0.3 is 29.7 Å². The lowest BCUT2D eigenvalue weighted by Gasteiger charge is -2.37. The Bertz CT molecular complexity index is 1110. The number of amides is 1. The van der Waals surface area contributed by atoms with E-state index in [9.17, 15) is 13.6 Å². The first kappa shape index (κ1) is 29.2. The zero-order chi connectivity index (χ0) is 27.0. The molecule has 2 aromatic heterocycles. The molecule has 5 rings (SSSR count). The van der Waals surface area contributed by atoms with Crippen LogP contribution in [0, 0.1) is 5.92 Å². The predicted molar refractivity (Wildman–Crippen MR) is 143 cm³/mol. The van der Waals surface area contributed by atoms with Gasteiger partial charge in [0.25, 0.3) is 5.92 Å². The highest BCUT2D eigenvalue weighted by molar-refractivity contribution is 5.85. The number of hydrogen-bond donors (Lipinski definition) is 1. The van der Waals surface area contributed by atoms with Crippen LogP contribution in [0.15, 0.2) is 16.9 Å². The number of hydrogen-bond acceptors (Lipinski definition) is 10. The third-order valence-corrected chi connectivity index (χ3v) is 7.80. The van der Waals surface area contributed by atoms with Gasteiger partial charge in [-0.2, -0.15) is 4.98 Å². The molecule has 3 fully saturated rings. The Kier molecular flexibility index (Phi) is 8.79. The molecule has 39 heavy (non-hydrogen) atoms. The number of carbonyl (C=O) groups excluding carboxylic acids is 1. The van der Waals surface area contributed by atoms with Crippen LogP contribution in [0.4, 0.5) is 20.7 Å². The second-order valence-electron chi connectivity index (χ2n) is 11.0.